The lowest BCUT2D eigenvalue weighted by Crippen LogP contribution is -2.45. The van der Waals surface area contributed by atoms with Crippen LogP contribution in [0, 0.1) is 23.2 Å². The maximum atomic E-state index is 12.5. The summed E-state index contributed by atoms with van der Waals surface area (Å²) in [4.78, 5) is 14.6. The van der Waals surface area contributed by atoms with Crippen molar-refractivity contribution in [1.82, 2.24) is 4.90 Å². The Morgan fingerprint density at radius 2 is 1.78 bits per heavy atom. The third-order valence-corrected chi connectivity index (χ3v) is 5.72. The Morgan fingerprint density at radius 1 is 1.22 bits per heavy atom. The quantitative estimate of drug-likeness (QED) is 0.815. The summed E-state index contributed by atoms with van der Waals surface area (Å²) in [6.07, 6.45) is 7.45. The van der Waals surface area contributed by atoms with Crippen molar-refractivity contribution in [1.29, 1.82) is 0 Å². The molecule has 18 heavy (non-hydrogen) atoms. The number of rotatable bonds is 2. The van der Waals surface area contributed by atoms with Gasteiger partial charge in [0.1, 0.15) is 0 Å². The van der Waals surface area contributed by atoms with Crippen LogP contribution in [0.3, 0.4) is 0 Å². The van der Waals surface area contributed by atoms with Crippen molar-refractivity contribution in [2.24, 2.45) is 28.9 Å². The van der Waals surface area contributed by atoms with E-state index in [0.29, 0.717) is 11.8 Å². The summed E-state index contributed by atoms with van der Waals surface area (Å²) in [6, 6.07) is 0. The van der Waals surface area contributed by atoms with Gasteiger partial charge in [0.2, 0.25) is 5.91 Å². The Labute approximate surface area is 110 Å². The number of hydrogen-bond acceptors (Lipinski definition) is 2. The molecular formula is C15H26N2O. The van der Waals surface area contributed by atoms with Crippen LogP contribution in [-0.2, 0) is 4.79 Å². The van der Waals surface area contributed by atoms with Crippen LogP contribution in [0.25, 0.3) is 0 Å². The first-order valence-corrected chi connectivity index (χ1v) is 7.63. The van der Waals surface area contributed by atoms with Crippen LogP contribution >= 0.6 is 0 Å². The third-order valence-electron chi connectivity index (χ3n) is 5.72. The third kappa shape index (κ3) is 2.07. The van der Waals surface area contributed by atoms with Gasteiger partial charge < -0.3 is 10.6 Å². The molecule has 1 heterocycles. The van der Waals surface area contributed by atoms with Gasteiger partial charge in [-0.3, -0.25) is 4.79 Å². The molecular weight excluding hydrogens is 224 g/mol. The molecule has 2 N–H and O–H groups in total. The number of likely N-dealkylation sites (tertiary alicyclic amines) is 1. The van der Waals surface area contributed by atoms with E-state index in [-0.39, 0.29) is 5.41 Å². The van der Waals surface area contributed by atoms with Crippen LogP contribution in [0.1, 0.15) is 45.4 Å². The summed E-state index contributed by atoms with van der Waals surface area (Å²) < 4.78 is 0. The molecule has 3 heteroatoms. The lowest BCUT2D eigenvalue weighted by atomic mass is 9.80. The van der Waals surface area contributed by atoms with Crippen molar-refractivity contribution in [2.75, 3.05) is 19.6 Å². The fourth-order valence-electron chi connectivity index (χ4n) is 4.04. The number of piperidine rings is 1. The first-order chi connectivity index (χ1) is 8.64. The molecule has 2 atom stereocenters. The van der Waals surface area contributed by atoms with E-state index >= 15 is 0 Å². The van der Waals surface area contributed by atoms with E-state index in [1.54, 1.807) is 0 Å². The van der Waals surface area contributed by atoms with Crippen LogP contribution in [-0.4, -0.2) is 30.4 Å². The minimum atomic E-state index is 0.271. The molecule has 0 aromatic carbocycles. The normalized spacial score (nSPS) is 38.1. The molecule has 2 aliphatic carbocycles. The topological polar surface area (TPSA) is 46.3 Å². The van der Waals surface area contributed by atoms with E-state index in [1.807, 2.05) is 0 Å². The number of nitrogens with two attached hydrogens (primary N) is 1. The minimum absolute atomic E-state index is 0.271. The molecule has 0 aromatic rings. The van der Waals surface area contributed by atoms with E-state index in [4.69, 9.17) is 5.73 Å². The summed E-state index contributed by atoms with van der Waals surface area (Å²) in [5.74, 6) is 2.35. The van der Waals surface area contributed by atoms with Crippen LogP contribution in [0.5, 0.6) is 0 Å². The van der Waals surface area contributed by atoms with E-state index < -0.39 is 0 Å². The smallest absolute Gasteiger partial charge is 0.226 e. The highest BCUT2D eigenvalue weighted by Gasteiger charge is 2.56. The molecule has 3 aliphatic rings. The Morgan fingerprint density at radius 3 is 2.28 bits per heavy atom. The van der Waals surface area contributed by atoms with Gasteiger partial charge in [-0.05, 0) is 49.5 Å². The Kier molecular flexibility index (Phi) is 3.13. The molecule has 2 unspecified atom stereocenters. The molecule has 0 spiro atoms. The summed E-state index contributed by atoms with van der Waals surface area (Å²) in [5.41, 5.74) is 6.09. The molecule has 0 bridgehead atoms. The van der Waals surface area contributed by atoms with Crippen LogP contribution in [0.4, 0.5) is 0 Å². The fraction of sp³-hybridized carbons (Fsp3) is 0.933. The second-order valence-electron chi connectivity index (χ2n) is 6.98. The predicted octanol–water partition coefficient (Wildman–Crippen LogP) is 2.01. The lowest BCUT2D eigenvalue weighted by Gasteiger charge is -2.38. The molecule has 1 aliphatic heterocycles. The van der Waals surface area contributed by atoms with E-state index in [1.165, 1.54) is 25.7 Å². The average Bonchev–Trinajstić information content (AvgIpc) is 3.13. The second-order valence-corrected chi connectivity index (χ2v) is 6.98. The summed E-state index contributed by atoms with van der Waals surface area (Å²) in [7, 11) is 0. The van der Waals surface area contributed by atoms with Crippen molar-refractivity contribution in [3.63, 3.8) is 0 Å². The molecule has 3 nitrogen and oxygen atoms in total. The van der Waals surface area contributed by atoms with Gasteiger partial charge in [0, 0.05) is 19.0 Å². The number of nitrogens with zero attached hydrogens (tertiary/aromatic N) is 1. The van der Waals surface area contributed by atoms with E-state index in [9.17, 15) is 4.79 Å². The summed E-state index contributed by atoms with van der Waals surface area (Å²) in [6.45, 7) is 4.88. The first-order valence-electron chi connectivity index (χ1n) is 7.63. The van der Waals surface area contributed by atoms with Gasteiger partial charge in [-0.15, -0.1) is 0 Å². The number of carbonyl (C=O) groups excluding carboxylic acids is 1. The Bertz CT molecular complexity index is 321. The Hall–Kier alpha value is -0.570. The molecule has 1 amide bonds. The number of carbonyl (C=O) groups is 1. The van der Waals surface area contributed by atoms with Gasteiger partial charge in [-0.25, -0.2) is 0 Å². The maximum absolute atomic E-state index is 12.5. The lowest BCUT2D eigenvalue weighted by molar-refractivity contribution is -0.135. The largest absolute Gasteiger partial charge is 0.342 e. The number of amides is 1. The zero-order chi connectivity index (χ0) is 12.8. The van der Waals surface area contributed by atoms with Crippen LogP contribution in [0.2, 0.25) is 0 Å². The highest BCUT2D eigenvalue weighted by Crippen LogP contribution is 2.56. The van der Waals surface area contributed by atoms with Crippen molar-refractivity contribution >= 4 is 5.91 Å². The molecule has 3 rings (SSSR count). The molecule has 102 valence electrons. The zero-order valence-electron chi connectivity index (χ0n) is 11.5. The standard InChI is InChI=1S/C15H26N2O/c1-15(10-16)6-8-17(9-7-15)14(18)13-11-4-2-3-5-12(11)13/h11-13H,2-10,16H2,1H3. The summed E-state index contributed by atoms with van der Waals surface area (Å²) >= 11 is 0. The molecule has 2 saturated carbocycles. The van der Waals surface area contributed by atoms with Gasteiger partial charge in [0.15, 0.2) is 0 Å². The van der Waals surface area contributed by atoms with Gasteiger partial charge in [0.25, 0.3) is 0 Å². The highest BCUT2D eigenvalue weighted by atomic mass is 16.2. The fourth-order valence-corrected chi connectivity index (χ4v) is 4.04. The van der Waals surface area contributed by atoms with Crippen molar-refractivity contribution in [2.45, 2.75) is 45.4 Å². The van der Waals surface area contributed by atoms with Crippen molar-refractivity contribution in [3.05, 3.63) is 0 Å². The van der Waals surface area contributed by atoms with E-state index in [2.05, 4.69) is 11.8 Å². The predicted molar refractivity (Wildman–Crippen MR) is 71.9 cm³/mol. The van der Waals surface area contributed by atoms with Crippen molar-refractivity contribution in [3.8, 4) is 0 Å². The molecule has 1 saturated heterocycles. The first kappa shape index (κ1) is 12.5. The second kappa shape index (κ2) is 4.52. The average molecular weight is 250 g/mol. The molecule has 3 fully saturated rings. The van der Waals surface area contributed by atoms with Crippen LogP contribution < -0.4 is 5.73 Å². The number of hydrogen-bond donors (Lipinski definition) is 1. The molecule has 0 radical (unpaired) electrons. The highest BCUT2D eigenvalue weighted by molar-refractivity contribution is 5.82. The Balaban J connectivity index is 1.56. The monoisotopic (exact) mass is 250 g/mol. The molecule has 0 aromatic heterocycles. The zero-order valence-corrected chi connectivity index (χ0v) is 11.5. The van der Waals surface area contributed by atoms with Gasteiger partial charge in [-0.1, -0.05) is 19.8 Å². The summed E-state index contributed by atoms with van der Waals surface area (Å²) in [5, 5.41) is 0. The SMILES string of the molecule is CC1(CN)CCN(C(=O)C2C3CCCCC32)CC1. The number of fused-ring (bicyclic) bond motifs is 1. The van der Waals surface area contributed by atoms with Crippen molar-refractivity contribution < 1.29 is 4.79 Å². The van der Waals surface area contributed by atoms with Crippen LogP contribution in [0.15, 0.2) is 0 Å². The van der Waals surface area contributed by atoms with Gasteiger partial charge >= 0.3 is 0 Å². The van der Waals surface area contributed by atoms with Gasteiger partial charge in [-0.2, -0.15) is 0 Å². The maximum Gasteiger partial charge on any atom is 0.226 e. The van der Waals surface area contributed by atoms with Gasteiger partial charge in [0.05, 0.1) is 0 Å². The van der Waals surface area contributed by atoms with E-state index in [0.717, 1.165) is 44.3 Å². The minimum Gasteiger partial charge on any atom is -0.342 e.